The smallest absolute Gasteiger partial charge is 0.219 e. The van der Waals surface area contributed by atoms with E-state index in [9.17, 15) is 9.90 Å². The van der Waals surface area contributed by atoms with Crippen LogP contribution in [0.4, 0.5) is 0 Å². The number of hydrogen-bond acceptors (Lipinski definition) is 3. The quantitative estimate of drug-likeness (QED) is 0.932. The van der Waals surface area contributed by atoms with Crippen LogP contribution in [0.1, 0.15) is 50.6 Å². The average molecular weight is 316 g/mol. The van der Waals surface area contributed by atoms with E-state index in [-0.39, 0.29) is 11.9 Å². The summed E-state index contributed by atoms with van der Waals surface area (Å²) in [7, 11) is 0. The van der Waals surface area contributed by atoms with Gasteiger partial charge in [-0.2, -0.15) is 0 Å². The Bertz CT molecular complexity index is 525. The molecule has 0 bridgehead atoms. The van der Waals surface area contributed by atoms with Crippen LogP contribution in [0.15, 0.2) is 30.3 Å². The lowest BCUT2D eigenvalue weighted by atomic mass is 9.83. The van der Waals surface area contributed by atoms with Crippen molar-refractivity contribution in [1.29, 1.82) is 0 Å². The SMILES string of the molecule is CC(=O)N1CCN(CC2(O)CCCCC2)[C@@H](c2ccccc2)C1. The van der Waals surface area contributed by atoms with Crippen LogP contribution in [0.2, 0.25) is 0 Å². The molecular formula is C19H28N2O2. The molecule has 4 nitrogen and oxygen atoms in total. The van der Waals surface area contributed by atoms with Gasteiger partial charge in [0.2, 0.25) is 5.91 Å². The van der Waals surface area contributed by atoms with Crippen LogP contribution >= 0.6 is 0 Å². The second-order valence-corrected chi connectivity index (χ2v) is 7.15. The second kappa shape index (κ2) is 7.02. The summed E-state index contributed by atoms with van der Waals surface area (Å²) in [5, 5.41) is 10.9. The maximum atomic E-state index is 11.8. The van der Waals surface area contributed by atoms with E-state index in [0.717, 1.165) is 51.9 Å². The van der Waals surface area contributed by atoms with Crippen LogP contribution < -0.4 is 0 Å². The Labute approximate surface area is 139 Å². The molecule has 0 unspecified atom stereocenters. The Hall–Kier alpha value is -1.39. The van der Waals surface area contributed by atoms with Gasteiger partial charge in [0.05, 0.1) is 11.6 Å². The van der Waals surface area contributed by atoms with Crippen LogP contribution in [0, 0.1) is 0 Å². The lowest BCUT2D eigenvalue weighted by Gasteiger charge is -2.45. The Morgan fingerprint density at radius 3 is 2.52 bits per heavy atom. The topological polar surface area (TPSA) is 43.8 Å². The van der Waals surface area contributed by atoms with Gasteiger partial charge in [0, 0.05) is 33.1 Å². The number of aliphatic hydroxyl groups is 1. The van der Waals surface area contributed by atoms with Crippen molar-refractivity contribution in [2.75, 3.05) is 26.2 Å². The number of carbonyl (C=O) groups is 1. The molecular weight excluding hydrogens is 288 g/mol. The molecule has 23 heavy (non-hydrogen) atoms. The highest BCUT2D eigenvalue weighted by Crippen LogP contribution is 2.33. The zero-order valence-corrected chi connectivity index (χ0v) is 14.1. The van der Waals surface area contributed by atoms with Gasteiger partial charge in [-0.1, -0.05) is 49.6 Å². The molecule has 1 N–H and O–H groups in total. The van der Waals surface area contributed by atoms with E-state index in [0.29, 0.717) is 0 Å². The lowest BCUT2D eigenvalue weighted by Crippen LogP contribution is -2.54. The third-order valence-electron chi connectivity index (χ3n) is 5.40. The van der Waals surface area contributed by atoms with Crippen molar-refractivity contribution in [3.05, 3.63) is 35.9 Å². The maximum Gasteiger partial charge on any atom is 0.219 e. The number of nitrogens with zero attached hydrogens (tertiary/aromatic N) is 2. The van der Waals surface area contributed by atoms with Crippen molar-refractivity contribution in [2.24, 2.45) is 0 Å². The van der Waals surface area contributed by atoms with Gasteiger partial charge in [0.15, 0.2) is 0 Å². The molecule has 1 aliphatic carbocycles. The summed E-state index contributed by atoms with van der Waals surface area (Å²) in [6.07, 6.45) is 5.30. The van der Waals surface area contributed by atoms with Crippen molar-refractivity contribution in [1.82, 2.24) is 9.80 Å². The van der Waals surface area contributed by atoms with Crippen molar-refractivity contribution >= 4 is 5.91 Å². The van der Waals surface area contributed by atoms with E-state index in [2.05, 4.69) is 29.2 Å². The third kappa shape index (κ3) is 3.93. The molecule has 0 spiro atoms. The van der Waals surface area contributed by atoms with E-state index in [4.69, 9.17) is 0 Å². The molecule has 2 fully saturated rings. The molecule has 1 aromatic carbocycles. The van der Waals surface area contributed by atoms with Gasteiger partial charge in [-0.25, -0.2) is 0 Å². The number of benzene rings is 1. The molecule has 3 rings (SSSR count). The highest BCUT2D eigenvalue weighted by atomic mass is 16.3. The summed E-state index contributed by atoms with van der Waals surface area (Å²) >= 11 is 0. The molecule has 1 atom stereocenters. The molecule has 1 saturated heterocycles. The van der Waals surface area contributed by atoms with Crippen LogP contribution in [0.3, 0.4) is 0 Å². The van der Waals surface area contributed by atoms with E-state index >= 15 is 0 Å². The number of hydrogen-bond donors (Lipinski definition) is 1. The summed E-state index contributed by atoms with van der Waals surface area (Å²) in [6.45, 7) is 4.68. The number of amides is 1. The molecule has 1 amide bonds. The molecule has 2 aliphatic rings. The molecule has 1 aromatic rings. The predicted octanol–water partition coefficient (Wildman–Crippen LogP) is 2.59. The standard InChI is InChI=1S/C19H28N2O2/c1-16(22)20-12-13-21(15-19(23)10-6-3-7-11-19)18(14-20)17-8-4-2-5-9-17/h2,4-5,8-9,18,23H,3,6-7,10-15H2,1H3/t18-/m1/s1. The molecule has 0 radical (unpaired) electrons. The second-order valence-electron chi connectivity index (χ2n) is 7.15. The highest BCUT2D eigenvalue weighted by Gasteiger charge is 2.36. The zero-order valence-electron chi connectivity index (χ0n) is 14.1. The molecule has 1 heterocycles. The van der Waals surface area contributed by atoms with Gasteiger partial charge in [-0.3, -0.25) is 9.69 Å². The van der Waals surface area contributed by atoms with Crippen molar-refractivity contribution in [2.45, 2.75) is 50.7 Å². The van der Waals surface area contributed by atoms with Gasteiger partial charge < -0.3 is 10.0 Å². The summed E-state index contributed by atoms with van der Waals surface area (Å²) in [5.41, 5.74) is 0.682. The predicted molar refractivity (Wildman–Crippen MR) is 91.0 cm³/mol. The van der Waals surface area contributed by atoms with Crippen LogP contribution in [0.25, 0.3) is 0 Å². The van der Waals surface area contributed by atoms with E-state index in [1.165, 1.54) is 12.0 Å². The Balaban J connectivity index is 1.78. The first-order valence-electron chi connectivity index (χ1n) is 8.84. The first-order chi connectivity index (χ1) is 11.1. The normalized spacial score (nSPS) is 25.3. The minimum Gasteiger partial charge on any atom is -0.389 e. The molecule has 126 valence electrons. The fraction of sp³-hybridized carbons (Fsp3) is 0.632. The maximum absolute atomic E-state index is 11.8. The summed E-state index contributed by atoms with van der Waals surface area (Å²) in [4.78, 5) is 16.1. The number of rotatable bonds is 3. The molecule has 0 aromatic heterocycles. The van der Waals surface area contributed by atoms with Gasteiger partial charge in [-0.05, 0) is 18.4 Å². The summed E-state index contributed by atoms with van der Waals surface area (Å²) in [6, 6.07) is 10.6. The minimum absolute atomic E-state index is 0.141. The average Bonchev–Trinajstić information content (AvgIpc) is 2.56. The van der Waals surface area contributed by atoms with E-state index < -0.39 is 5.60 Å². The van der Waals surface area contributed by atoms with E-state index in [1.807, 2.05) is 11.0 Å². The molecule has 1 saturated carbocycles. The van der Waals surface area contributed by atoms with Crippen molar-refractivity contribution < 1.29 is 9.90 Å². The summed E-state index contributed by atoms with van der Waals surface area (Å²) < 4.78 is 0. The Morgan fingerprint density at radius 2 is 1.87 bits per heavy atom. The Kier molecular flexibility index (Phi) is 5.02. The van der Waals surface area contributed by atoms with Crippen LogP contribution in [-0.2, 0) is 4.79 Å². The van der Waals surface area contributed by atoms with Gasteiger partial charge in [0.1, 0.15) is 0 Å². The molecule has 1 aliphatic heterocycles. The van der Waals surface area contributed by atoms with Gasteiger partial charge >= 0.3 is 0 Å². The Morgan fingerprint density at radius 1 is 1.17 bits per heavy atom. The number of piperazine rings is 1. The van der Waals surface area contributed by atoms with Gasteiger partial charge in [-0.15, -0.1) is 0 Å². The fourth-order valence-corrected chi connectivity index (χ4v) is 4.03. The van der Waals surface area contributed by atoms with Gasteiger partial charge in [0.25, 0.3) is 0 Å². The monoisotopic (exact) mass is 316 g/mol. The summed E-state index contributed by atoms with van der Waals surface area (Å²) in [5.74, 6) is 0.141. The first-order valence-corrected chi connectivity index (χ1v) is 8.84. The third-order valence-corrected chi connectivity index (χ3v) is 5.40. The largest absolute Gasteiger partial charge is 0.389 e. The fourth-order valence-electron chi connectivity index (χ4n) is 4.03. The highest BCUT2D eigenvalue weighted by molar-refractivity contribution is 5.73. The first kappa shape index (κ1) is 16.5. The van der Waals surface area contributed by atoms with Crippen LogP contribution in [0.5, 0.6) is 0 Å². The van der Waals surface area contributed by atoms with Crippen molar-refractivity contribution in [3.63, 3.8) is 0 Å². The van der Waals surface area contributed by atoms with Crippen LogP contribution in [-0.4, -0.2) is 52.6 Å². The lowest BCUT2D eigenvalue weighted by molar-refractivity contribution is -0.133. The zero-order chi connectivity index (χ0) is 16.3. The number of β-amino-alcohol motifs (C(OH)–C–C–N with tert-alkyl or cyclic N) is 1. The minimum atomic E-state index is -0.552. The molecule has 4 heteroatoms. The van der Waals surface area contributed by atoms with E-state index in [1.54, 1.807) is 6.92 Å². The number of carbonyl (C=O) groups excluding carboxylic acids is 1. The van der Waals surface area contributed by atoms with Crippen molar-refractivity contribution in [3.8, 4) is 0 Å².